The number of furan rings is 1. The van der Waals surface area contributed by atoms with Gasteiger partial charge in [0.25, 0.3) is 11.8 Å². The molecule has 1 heterocycles. The summed E-state index contributed by atoms with van der Waals surface area (Å²) in [5, 5.41) is 6.74. The fourth-order valence-corrected chi connectivity index (χ4v) is 4.05. The first-order valence-corrected chi connectivity index (χ1v) is 13.7. The van der Waals surface area contributed by atoms with E-state index >= 15 is 0 Å². The van der Waals surface area contributed by atoms with Crippen LogP contribution in [0, 0.1) is 0 Å². The maximum atomic E-state index is 13.2. The third kappa shape index (κ3) is 9.15. The van der Waals surface area contributed by atoms with Crippen molar-refractivity contribution >= 4 is 41.8 Å². The van der Waals surface area contributed by atoms with Crippen LogP contribution in [-0.2, 0) is 9.59 Å². The molecule has 0 aliphatic heterocycles. The van der Waals surface area contributed by atoms with E-state index in [0.717, 1.165) is 24.3 Å². The lowest BCUT2D eigenvalue weighted by Gasteiger charge is -2.20. The summed E-state index contributed by atoms with van der Waals surface area (Å²) in [6.45, 7) is 5.92. The van der Waals surface area contributed by atoms with Crippen LogP contribution in [0.25, 0.3) is 12.2 Å². The van der Waals surface area contributed by atoms with E-state index in [1.807, 2.05) is 24.3 Å². The second kappa shape index (κ2) is 15.3. The summed E-state index contributed by atoms with van der Waals surface area (Å²) >= 11 is 0. The first-order valence-electron chi connectivity index (χ1n) is 13.7. The molecule has 9 nitrogen and oxygen atoms in total. The third-order valence-corrected chi connectivity index (χ3v) is 6.24. The zero-order chi connectivity index (χ0) is 30.4. The van der Waals surface area contributed by atoms with Gasteiger partial charge < -0.3 is 19.4 Å². The Hall–Kier alpha value is -5.70. The van der Waals surface area contributed by atoms with Crippen molar-refractivity contribution in [1.29, 1.82) is 0 Å². The summed E-state index contributed by atoms with van der Waals surface area (Å²) in [6, 6.07) is 26.4. The number of amides is 2. The molecule has 43 heavy (non-hydrogen) atoms. The van der Waals surface area contributed by atoms with Crippen LogP contribution in [0.4, 0.5) is 5.69 Å². The zero-order valence-corrected chi connectivity index (χ0v) is 23.9. The van der Waals surface area contributed by atoms with E-state index in [4.69, 9.17) is 9.15 Å². The van der Waals surface area contributed by atoms with E-state index in [-0.39, 0.29) is 5.70 Å². The second-order valence-corrected chi connectivity index (χ2v) is 9.18. The molecule has 0 aliphatic carbocycles. The van der Waals surface area contributed by atoms with Gasteiger partial charge >= 0.3 is 5.97 Å². The minimum absolute atomic E-state index is 0.0209. The lowest BCUT2D eigenvalue weighted by Crippen LogP contribution is -2.32. The van der Waals surface area contributed by atoms with Gasteiger partial charge in [0.2, 0.25) is 0 Å². The van der Waals surface area contributed by atoms with Crippen molar-refractivity contribution in [3.63, 3.8) is 0 Å². The fourth-order valence-electron chi connectivity index (χ4n) is 4.05. The predicted molar refractivity (Wildman–Crippen MR) is 167 cm³/mol. The molecule has 4 aromatic rings. The predicted octanol–water partition coefficient (Wildman–Crippen LogP) is 5.67. The Morgan fingerprint density at radius 1 is 0.884 bits per heavy atom. The van der Waals surface area contributed by atoms with Gasteiger partial charge in [0.1, 0.15) is 17.2 Å². The van der Waals surface area contributed by atoms with Crippen LogP contribution < -0.4 is 20.4 Å². The smallest absolute Gasteiger partial charge is 0.336 e. The third-order valence-electron chi connectivity index (χ3n) is 6.24. The van der Waals surface area contributed by atoms with E-state index < -0.39 is 17.8 Å². The van der Waals surface area contributed by atoms with E-state index in [9.17, 15) is 14.4 Å². The van der Waals surface area contributed by atoms with Crippen LogP contribution in [0.3, 0.4) is 0 Å². The quantitative estimate of drug-likeness (QED) is 0.0739. The maximum Gasteiger partial charge on any atom is 0.336 e. The van der Waals surface area contributed by atoms with Crippen LogP contribution in [0.2, 0.25) is 0 Å². The Morgan fingerprint density at radius 2 is 1.65 bits per heavy atom. The number of carbonyl (C=O) groups excluding carboxylic acids is 3. The fraction of sp³-hybridized carbons (Fsp3) is 0.118. The molecule has 0 saturated carbocycles. The highest BCUT2D eigenvalue weighted by molar-refractivity contribution is 6.05. The largest absolute Gasteiger partial charge is 0.465 e. The first kappa shape index (κ1) is 30.3. The number of hydrazone groups is 1. The van der Waals surface area contributed by atoms with Gasteiger partial charge in [-0.05, 0) is 85.7 Å². The Balaban J connectivity index is 1.46. The second-order valence-electron chi connectivity index (χ2n) is 9.18. The highest BCUT2D eigenvalue weighted by Gasteiger charge is 2.14. The van der Waals surface area contributed by atoms with E-state index in [1.165, 1.54) is 24.6 Å². The summed E-state index contributed by atoms with van der Waals surface area (Å²) in [5.74, 6) is -0.792. The number of esters is 1. The lowest BCUT2D eigenvalue weighted by atomic mass is 10.1. The summed E-state index contributed by atoms with van der Waals surface area (Å²) in [5.41, 5.74) is 5.26. The number of rotatable bonds is 12. The Labute approximate surface area is 250 Å². The van der Waals surface area contributed by atoms with Crippen molar-refractivity contribution in [2.24, 2.45) is 5.10 Å². The van der Waals surface area contributed by atoms with E-state index in [0.29, 0.717) is 22.6 Å². The van der Waals surface area contributed by atoms with Gasteiger partial charge in [0.05, 0.1) is 12.5 Å². The molecule has 3 aromatic carbocycles. The molecule has 0 spiro atoms. The molecular weight excluding hydrogens is 544 g/mol. The molecule has 2 amide bonds. The summed E-state index contributed by atoms with van der Waals surface area (Å²) in [4.78, 5) is 40.4. The molecule has 0 radical (unpaired) electrons. The van der Waals surface area contributed by atoms with E-state index in [2.05, 4.69) is 34.6 Å². The van der Waals surface area contributed by atoms with Crippen LogP contribution >= 0.6 is 0 Å². The number of hydrogen-bond donors (Lipinski definition) is 2. The van der Waals surface area contributed by atoms with Crippen molar-refractivity contribution in [2.75, 3.05) is 18.0 Å². The van der Waals surface area contributed by atoms with Gasteiger partial charge in [-0.15, -0.1) is 0 Å². The van der Waals surface area contributed by atoms with Crippen LogP contribution in [0.15, 0.2) is 119 Å². The molecule has 9 heteroatoms. The first-order chi connectivity index (χ1) is 20.9. The maximum absolute atomic E-state index is 13.2. The number of anilines is 1. The van der Waals surface area contributed by atoms with Crippen molar-refractivity contribution in [1.82, 2.24) is 10.7 Å². The molecular formula is C34H32N4O5. The molecule has 218 valence electrons. The van der Waals surface area contributed by atoms with Gasteiger partial charge in [0, 0.05) is 30.4 Å². The van der Waals surface area contributed by atoms with Crippen molar-refractivity contribution in [2.45, 2.75) is 13.8 Å². The number of carbonyl (C=O) groups is 3. The van der Waals surface area contributed by atoms with Crippen molar-refractivity contribution in [3.8, 4) is 5.75 Å². The van der Waals surface area contributed by atoms with Gasteiger partial charge in [0.15, 0.2) is 0 Å². The van der Waals surface area contributed by atoms with Crippen molar-refractivity contribution < 1.29 is 23.5 Å². The molecule has 0 saturated heterocycles. The van der Waals surface area contributed by atoms with Gasteiger partial charge in [-0.3, -0.25) is 9.59 Å². The molecule has 0 bridgehead atoms. The molecule has 0 aliphatic rings. The average molecular weight is 577 g/mol. The normalized spacial score (nSPS) is 11.4. The number of ether oxygens (including phenoxy) is 1. The Kier molecular flexibility index (Phi) is 10.8. The molecule has 0 unspecified atom stereocenters. The summed E-state index contributed by atoms with van der Waals surface area (Å²) in [6.07, 6.45) is 7.27. The van der Waals surface area contributed by atoms with Crippen LogP contribution in [0.1, 0.15) is 41.1 Å². The molecule has 4 rings (SSSR count). The monoisotopic (exact) mass is 576 g/mol. The lowest BCUT2D eigenvalue weighted by molar-refractivity contribution is -0.128. The Bertz CT molecular complexity index is 1600. The standard InChI is InChI=1S/C34H32N4O5/c1-3-38(4-2)28-17-15-25(16-18-28)23-31(36-33(40)27-11-6-5-7-12-27)34(41)37-35-24-26-10-8-13-30(22-26)43-32(39)20-19-29-14-9-21-42-29/h5-24H,3-4H2,1-2H3,(H,36,40)(H,37,41). The molecule has 0 fully saturated rings. The molecule has 0 atom stereocenters. The van der Waals surface area contributed by atoms with Crippen LogP contribution in [-0.4, -0.2) is 37.1 Å². The van der Waals surface area contributed by atoms with E-state index in [1.54, 1.807) is 72.8 Å². The van der Waals surface area contributed by atoms with Gasteiger partial charge in [-0.25, -0.2) is 10.2 Å². The number of benzene rings is 3. The Morgan fingerprint density at radius 3 is 2.35 bits per heavy atom. The minimum Gasteiger partial charge on any atom is -0.465 e. The highest BCUT2D eigenvalue weighted by atomic mass is 16.5. The highest BCUT2D eigenvalue weighted by Crippen LogP contribution is 2.17. The zero-order valence-electron chi connectivity index (χ0n) is 23.9. The average Bonchev–Trinajstić information content (AvgIpc) is 3.55. The topological polar surface area (TPSA) is 113 Å². The molecule has 2 N–H and O–H groups in total. The number of hydrogen-bond acceptors (Lipinski definition) is 7. The van der Waals surface area contributed by atoms with Gasteiger partial charge in [-0.1, -0.05) is 42.5 Å². The SMILES string of the molecule is CCN(CC)c1ccc(C=C(NC(=O)c2ccccc2)C(=O)NN=Cc2cccc(OC(=O)C=Cc3ccco3)c2)cc1. The van der Waals surface area contributed by atoms with Crippen LogP contribution in [0.5, 0.6) is 5.75 Å². The van der Waals surface area contributed by atoms with Gasteiger partial charge in [-0.2, -0.15) is 5.10 Å². The summed E-state index contributed by atoms with van der Waals surface area (Å²) in [7, 11) is 0. The molecule has 1 aromatic heterocycles. The summed E-state index contributed by atoms with van der Waals surface area (Å²) < 4.78 is 10.5. The minimum atomic E-state index is -0.612. The number of nitrogens with one attached hydrogen (secondary N) is 2. The number of nitrogens with zero attached hydrogens (tertiary/aromatic N) is 2. The van der Waals surface area contributed by atoms with Crippen molar-refractivity contribution in [3.05, 3.63) is 131 Å².